The van der Waals surface area contributed by atoms with E-state index in [0.29, 0.717) is 12.1 Å². The molecule has 0 aromatic carbocycles. The zero-order valence-corrected chi connectivity index (χ0v) is 12.2. The minimum absolute atomic E-state index is 0.448. The van der Waals surface area contributed by atoms with Crippen LogP contribution in [0.5, 0.6) is 0 Å². The summed E-state index contributed by atoms with van der Waals surface area (Å²) in [6.45, 7) is 5.98. The number of nitrogens with two attached hydrogens (primary N) is 1. The van der Waals surface area contributed by atoms with Gasteiger partial charge in [0, 0.05) is 25.7 Å². The Morgan fingerprint density at radius 1 is 1.18 bits per heavy atom. The van der Waals surface area contributed by atoms with Gasteiger partial charge in [-0.1, -0.05) is 39.0 Å². The number of methoxy groups -OCH3 is 1. The highest BCUT2D eigenvalue weighted by atomic mass is 16.5. The standard InChI is InChI=1S/C14H32N2O/c1-5-6-7-8-9-10-14(11-15)16(3)13(2)12-17-4/h13-14H,5-12,15H2,1-4H3. The van der Waals surface area contributed by atoms with Crippen LogP contribution in [0, 0.1) is 0 Å². The molecule has 17 heavy (non-hydrogen) atoms. The summed E-state index contributed by atoms with van der Waals surface area (Å²) in [5.74, 6) is 0. The Kier molecular flexibility index (Phi) is 10.9. The summed E-state index contributed by atoms with van der Waals surface area (Å²) in [4.78, 5) is 2.36. The molecule has 0 saturated heterocycles. The average Bonchev–Trinajstić information content (AvgIpc) is 2.33. The minimum Gasteiger partial charge on any atom is -0.383 e. The molecule has 104 valence electrons. The van der Waals surface area contributed by atoms with Crippen LogP contribution in [0.4, 0.5) is 0 Å². The molecule has 0 heterocycles. The summed E-state index contributed by atoms with van der Waals surface area (Å²) in [6.07, 6.45) is 7.90. The monoisotopic (exact) mass is 244 g/mol. The molecule has 0 aliphatic carbocycles. The van der Waals surface area contributed by atoms with E-state index in [2.05, 4.69) is 25.8 Å². The molecule has 0 aliphatic rings. The summed E-state index contributed by atoms with van der Waals surface area (Å²) in [7, 11) is 3.92. The van der Waals surface area contributed by atoms with Crippen LogP contribution >= 0.6 is 0 Å². The van der Waals surface area contributed by atoms with Crippen LogP contribution in [-0.2, 0) is 4.74 Å². The molecule has 0 aromatic rings. The molecular formula is C14H32N2O. The van der Waals surface area contributed by atoms with Crippen molar-refractivity contribution >= 4 is 0 Å². The Bertz CT molecular complexity index is 164. The predicted molar refractivity (Wildman–Crippen MR) is 75.3 cm³/mol. The van der Waals surface area contributed by atoms with Crippen LogP contribution in [0.25, 0.3) is 0 Å². The number of hydrogen-bond donors (Lipinski definition) is 1. The molecule has 0 aromatic heterocycles. The number of likely N-dealkylation sites (N-methyl/N-ethyl adjacent to an activating group) is 1. The summed E-state index contributed by atoms with van der Waals surface area (Å²) in [6, 6.07) is 0.950. The van der Waals surface area contributed by atoms with Crippen molar-refractivity contribution in [3.05, 3.63) is 0 Å². The molecule has 0 radical (unpaired) electrons. The van der Waals surface area contributed by atoms with Crippen LogP contribution in [-0.4, -0.2) is 44.3 Å². The highest BCUT2D eigenvalue weighted by Gasteiger charge is 2.17. The molecule has 0 amide bonds. The van der Waals surface area contributed by atoms with Gasteiger partial charge < -0.3 is 10.5 Å². The van der Waals surface area contributed by atoms with Crippen LogP contribution in [0.3, 0.4) is 0 Å². The first-order valence-corrected chi connectivity index (χ1v) is 7.08. The molecule has 2 atom stereocenters. The quantitative estimate of drug-likeness (QED) is 0.568. The number of ether oxygens (including phenoxy) is 1. The first kappa shape index (κ1) is 16.9. The maximum absolute atomic E-state index is 5.87. The Labute approximate surface area is 108 Å². The van der Waals surface area contributed by atoms with E-state index >= 15 is 0 Å². The molecule has 3 nitrogen and oxygen atoms in total. The van der Waals surface area contributed by atoms with Gasteiger partial charge >= 0.3 is 0 Å². The van der Waals surface area contributed by atoms with Gasteiger partial charge in [0.2, 0.25) is 0 Å². The van der Waals surface area contributed by atoms with Gasteiger partial charge in [0.25, 0.3) is 0 Å². The summed E-state index contributed by atoms with van der Waals surface area (Å²) in [5, 5.41) is 0. The van der Waals surface area contributed by atoms with Crippen molar-refractivity contribution < 1.29 is 4.74 Å². The maximum atomic E-state index is 5.87. The lowest BCUT2D eigenvalue weighted by molar-refractivity contribution is 0.0875. The fourth-order valence-electron chi connectivity index (χ4n) is 2.19. The highest BCUT2D eigenvalue weighted by molar-refractivity contribution is 4.74. The average molecular weight is 244 g/mol. The van der Waals surface area contributed by atoms with Gasteiger partial charge in [-0.05, 0) is 20.4 Å². The first-order valence-electron chi connectivity index (χ1n) is 7.08. The van der Waals surface area contributed by atoms with Gasteiger partial charge in [-0.3, -0.25) is 4.90 Å². The van der Waals surface area contributed by atoms with E-state index in [9.17, 15) is 0 Å². The van der Waals surface area contributed by atoms with Gasteiger partial charge in [-0.15, -0.1) is 0 Å². The third kappa shape index (κ3) is 7.74. The van der Waals surface area contributed by atoms with Crippen LogP contribution in [0.1, 0.15) is 52.4 Å². The molecular weight excluding hydrogens is 212 g/mol. The maximum Gasteiger partial charge on any atom is 0.0615 e. The lowest BCUT2D eigenvalue weighted by atomic mass is 10.0. The zero-order valence-electron chi connectivity index (χ0n) is 12.2. The molecule has 0 rings (SSSR count). The first-order chi connectivity index (χ1) is 8.17. The molecule has 0 fully saturated rings. The molecule has 2 N–H and O–H groups in total. The number of hydrogen-bond acceptors (Lipinski definition) is 3. The third-order valence-electron chi connectivity index (χ3n) is 3.59. The second-order valence-corrected chi connectivity index (χ2v) is 5.06. The van der Waals surface area contributed by atoms with Crippen molar-refractivity contribution in [3.63, 3.8) is 0 Å². The number of unbranched alkanes of at least 4 members (excludes halogenated alkanes) is 4. The summed E-state index contributed by atoms with van der Waals surface area (Å²) < 4.78 is 5.19. The predicted octanol–water partition coefficient (Wildman–Crippen LogP) is 2.64. The topological polar surface area (TPSA) is 38.5 Å². The van der Waals surface area contributed by atoms with Gasteiger partial charge in [-0.2, -0.15) is 0 Å². The summed E-state index contributed by atoms with van der Waals surface area (Å²) in [5.41, 5.74) is 5.87. The van der Waals surface area contributed by atoms with E-state index in [-0.39, 0.29) is 0 Å². The van der Waals surface area contributed by atoms with Gasteiger partial charge in [0.1, 0.15) is 0 Å². The fourth-order valence-corrected chi connectivity index (χ4v) is 2.19. The third-order valence-corrected chi connectivity index (χ3v) is 3.59. The van der Waals surface area contributed by atoms with Gasteiger partial charge in [0.15, 0.2) is 0 Å². The van der Waals surface area contributed by atoms with E-state index in [0.717, 1.165) is 13.2 Å². The van der Waals surface area contributed by atoms with Crippen molar-refractivity contribution in [1.29, 1.82) is 0 Å². The van der Waals surface area contributed by atoms with Gasteiger partial charge in [0.05, 0.1) is 6.61 Å². The van der Waals surface area contributed by atoms with Gasteiger partial charge in [-0.25, -0.2) is 0 Å². The largest absolute Gasteiger partial charge is 0.383 e. The van der Waals surface area contributed by atoms with Crippen molar-refractivity contribution in [2.75, 3.05) is 27.3 Å². The second-order valence-electron chi connectivity index (χ2n) is 5.06. The van der Waals surface area contributed by atoms with Crippen molar-refractivity contribution in [2.45, 2.75) is 64.5 Å². The van der Waals surface area contributed by atoms with E-state index in [1.165, 1.54) is 38.5 Å². The fraction of sp³-hybridized carbons (Fsp3) is 1.00. The van der Waals surface area contributed by atoms with Crippen LogP contribution < -0.4 is 5.73 Å². The summed E-state index contributed by atoms with van der Waals surface area (Å²) >= 11 is 0. The smallest absolute Gasteiger partial charge is 0.0615 e. The van der Waals surface area contributed by atoms with E-state index in [1.54, 1.807) is 7.11 Å². The Balaban J connectivity index is 3.80. The normalized spacial score (nSPS) is 15.2. The molecule has 0 spiro atoms. The number of nitrogens with zero attached hydrogens (tertiary/aromatic N) is 1. The van der Waals surface area contributed by atoms with Crippen LogP contribution in [0.2, 0.25) is 0 Å². The lowest BCUT2D eigenvalue weighted by Gasteiger charge is -2.32. The van der Waals surface area contributed by atoms with Crippen molar-refractivity contribution in [3.8, 4) is 0 Å². The Morgan fingerprint density at radius 2 is 1.82 bits per heavy atom. The Morgan fingerprint density at radius 3 is 2.35 bits per heavy atom. The van der Waals surface area contributed by atoms with Crippen LogP contribution in [0.15, 0.2) is 0 Å². The minimum atomic E-state index is 0.448. The lowest BCUT2D eigenvalue weighted by Crippen LogP contribution is -2.44. The van der Waals surface area contributed by atoms with Crippen molar-refractivity contribution in [1.82, 2.24) is 4.90 Å². The second kappa shape index (κ2) is 11.0. The molecule has 0 saturated carbocycles. The van der Waals surface area contributed by atoms with E-state index < -0.39 is 0 Å². The highest BCUT2D eigenvalue weighted by Crippen LogP contribution is 2.12. The van der Waals surface area contributed by atoms with E-state index in [4.69, 9.17) is 10.5 Å². The van der Waals surface area contributed by atoms with E-state index in [1.807, 2.05) is 0 Å². The zero-order chi connectivity index (χ0) is 13.1. The molecule has 0 aliphatic heterocycles. The molecule has 2 unspecified atom stereocenters. The molecule has 3 heteroatoms. The molecule has 0 bridgehead atoms. The van der Waals surface area contributed by atoms with Crippen molar-refractivity contribution in [2.24, 2.45) is 5.73 Å². The SMILES string of the molecule is CCCCCCCC(CN)N(C)C(C)COC. The number of rotatable bonds is 11. The Hall–Kier alpha value is -0.120.